The summed E-state index contributed by atoms with van der Waals surface area (Å²) in [6.07, 6.45) is 14.6. The summed E-state index contributed by atoms with van der Waals surface area (Å²) in [4.78, 5) is 11.8. The molecule has 3 aromatic carbocycles. The number of fused-ring (bicyclic) bond motifs is 3. The van der Waals surface area contributed by atoms with Crippen molar-refractivity contribution in [1.82, 2.24) is 0 Å². The van der Waals surface area contributed by atoms with Gasteiger partial charge in [0.2, 0.25) is 0 Å². The number of carboxylic acid groups (broad SMARTS) is 1. The molecule has 3 aliphatic rings. The molecule has 2 unspecified atom stereocenters. The van der Waals surface area contributed by atoms with Gasteiger partial charge in [0.25, 0.3) is 0 Å². The third kappa shape index (κ3) is 3.98. The SMILES string of the molecule is O=C(O)c1ccc2c(c1)CC[C@@H]1C[C@@](O)(C3C=CC=CC3)/C(=C/c3ccccc3)CC21c1ccccc1. The number of hydrogen-bond donors (Lipinski definition) is 2. The summed E-state index contributed by atoms with van der Waals surface area (Å²) in [7, 11) is 0. The van der Waals surface area contributed by atoms with Gasteiger partial charge in [0.05, 0.1) is 11.2 Å². The van der Waals surface area contributed by atoms with Crippen molar-refractivity contribution >= 4 is 12.0 Å². The van der Waals surface area contributed by atoms with Crippen molar-refractivity contribution in [3.63, 3.8) is 0 Å². The predicted molar refractivity (Wildman–Crippen MR) is 147 cm³/mol. The van der Waals surface area contributed by atoms with Crippen LogP contribution in [-0.2, 0) is 11.8 Å². The monoisotopic (exact) mass is 488 g/mol. The van der Waals surface area contributed by atoms with E-state index < -0.39 is 11.6 Å². The summed E-state index contributed by atoms with van der Waals surface area (Å²) in [5.41, 5.74) is 4.77. The highest BCUT2D eigenvalue weighted by molar-refractivity contribution is 5.88. The summed E-state index contributed by atoms with van der Waals surface area (Å²) in [5.74, 6) is -0.633. The minimum Gasteiger partial charge on any atom is -0.478 e. The van der Waals surface area contributed by atoms with E-state index in [4.69, 9.17) is 0 Å². The normalized spacial score (nSPS) is 29.5. The van der Waals surface area contributed by atoms with Gasteiger partial charge in [0, 0.05) is 11.3 Å². The van der Waals surface area contributed by atoms with Crippen LogP contribution < -0.4 is 0 Å². The average molecular weight is 489 g/mol. The molecule has 186 valence electrons. The van der Waals surface area contributed by atoms with E-state index in [0.29, 0.717) is 18.4 Å². The highest BCUT2D eigenvalue weighted by Crippen LogP contribution is 2.59. The number of aromatic carboxylic acids is 1. The van der Waals surface area contributed by atoms with E-state index in [9.17, 15) is 15.0 Å². The smallest absolute Gasteiger partial charge is 0.335 e. The maximum absolute atomic E-state index is 12.6. The molecule has 0 bridgehead atoms. The van der Waals surface area contributed by atoms with Gasteiger partial charge in [-0.1, -0.05) is 97.1 Å². The Hall–Kier alpha value is -3.69. The number of aliphatic hydroxyl groups is 1. The molecule has 0 spiro atoms. The van der Waals surface area contributed by atoms with Gasteiger partial charge in [-0.2, -0.15) is 0 Å². The molecule has 0 radical (unpaired) electrons. The lowest BCUT2D eigenvalue weighted by Crippen LogP contribution is -2.54. The topological polar surface area (TPSA) is 57.5 Å². The van der Waals surface area contributed by atoms with E-state index in [2.05, 4.69) is 66.8 Å². The number of rotatable bonds is 4. The molecule has 3 aliphatic carbocycles. The van der Waals surface area contributed by atoms with E-state index in [1.807, 2.05) is 36.4 Å². The first-order chi connectivity index (χ1) is 18.0. The van der Waals surface area contributed by atoms with Crippen molar-refractivity contribution in [3.05, 3.63) is 137 Å². The van der Waals surface area contributed by atoms with Crippen LogP contribution in [0.4, 0.5) is 0 Å². The standard InChI is InChI=1S/C34H32O3/c35-32(36)26-17-19-31-25(21-26)16-18-29-23-34(37,28-14-8-3-9-15-28)30(20-24-10-4-1-5-11-24)22-33(29,31)27-12-6-2-7-13-27/h1-14,17,19-21,28-29,37H,15-16,18,22-23H2,(H,35,36)/b30-20+/t28?,29-,33?,34-/m1/s1. The second-order valence-corrected chi connectivity index (χ2v) is 10.8. The fourth-order valence-corrected chi connectivity index (χ4v) is 7.12. The number of allylic oxidation sites excluding steroid dienone is 3. The molecule has 1 saturated carbocycles. The molecular formula is C34H32O3. The molecule has 0 aromatic heterocycles. The zero-order valence-electron chi connectivity index (χ0n) is 20.9. The Labute approximate surface area is 218 Å². The van der Waals surface area contributed by atoms with Crippen molar-refractivity contribution in [3.8, 4) is 0 Å². The first-order valence-electron chi connectivity index (χ1n) is 13.2. The molecule has 0 saturated heterocycles. The quantitative estimate of drug-likeness (QED) is 0.417. The van der Waals surface area contributed by atoms with Crippen molar-refractivity contribution < 1.29 is 15.0 Å². The zero-order chi connectivity index (χ0) is 25.5. The molecule has 1 fully saturated rings. The van der Waals surface area contributed by atoms with Crippen LogP contribution in [0, 0.1) is 11.8 Å². The highest BCUT2D eigenvalue weighted by atomic mass is 16.4. The third-order valence-electron chi connectivity index (χ3n) is 8.90. The lowest BCUT2D eigenvalue weighted by Gasteiger charge is -2.56. The van der Waals surface area contributed by atoms with Crippen molar-refractivity contribution in [2.75, 3.05) is 0 Å². The van der Waals surface area contributed by atoms with Gasteiger partial charge in [0.1, 0.15) is 0 Å². The minimum absolute atomic E-state index is 0.0250. The van der Waals surface area contributed by atoms with Crippen LogP contribution in [0.15, 0.2) is 109 Å². The van der Waals surface area contributed by atoms with Gasteiger partial charge in [-0.3, -0.25) is 0 Å². The third-order valence-corrected chi connectivity index (χ3v) is 8.90. The van der Waals surface area contributed by atoms with Crippen LogP contribution in [0.2, 0.25) is 0 Å². The first-order valence-corrected chi connectivity index (χ1v) is 13.2. The Balaban J connectivity index is 1.57. The summed E-state index contributed by atoms with van der Waals surface area (Å²) in [6.45, 7) is 0. The first kappa shape index (κ1) is 23.7. The fourth-order valence-electron chi connectivity index (χ4n) is 7.12. The molecule has 3 nitrogen and oxygen atoms in total. The van der Waals surface area contributed by atoms with Gasteiger partial charge in [-0.15, -0.1) is 0 Å². The van der Waals surface area contributed by atoms with Crippen molar-refractivity contribution in [1.29, 1.82) is 0 Å². The van der Waals surface area contributed by atoms with E-state index in [1.165, 1.54) is 11.1 Å². The molecular weight excluding hydrogens is 456 g/mol. The second-order valence-electron chi connectivity index (χ2n) is 10.8. The van der Waals surface area contributed by atoms with Crippen LogP contribution in [0.3, 0.4) is 0 Å². The van der Waals surface area contributed by atoms with Crippen molar-refractivity contribution in [2.24, 2.45) is 11.8 Å². The van der Waals surface area contributed by atoms with E-state index >= 15 is 0 Å². The molecule has 2 N–H and O–H groups in total. The van der Waals surface area contributed by atoms with Gasteiger partial charge in [-0.25, -0.2) is 4.79 Å². The summed E-state index contributed by atoms with van der Waals surface area (Å²) < 4.78 is 0. The Kier molecular flexibility index (Phi) is 5.97. The summed E-state index contributed by atoms with van der Waals surface area (Å²) in [6, 6.07) is 26.6. The Morgan fingerprint density at radius 3 is 2.41 bits per heavy atom. The van der Waals surface area contributed by atoms with Crippen LogP contribution >= 0.6 is 0 Å². The van der Waals surface area contributed by atoms with Crippen LogP contribution in [-0.4, -0.2) is 21.8 Å². The van der Waals surface area contributed by atoms with Gasteiger partial charge >= 0.3 is 5.97 Å². The van der Waals surface area contributed by atoms with Crippen LogP contribution in [0.1, 0.15) is 58.3 Å². The molecule has 37 heavy (non-hydrogen) atoms. The number of carboxylic acids is 1. The number of benzene rings is 3. The van der Waals surface area contributed by atoms with Gasteiger partial charge in [-0.05, 0) is 78.0 Å². The molecule has 3 heteroatoms. The van der Waals surface area contributed by atoms with E-state index in [0.717, 1.165) is 36.0 Å². The second kappa shape index (κ2) is 9.32. The lowest BCUT2D eigenvalue weighted by atomic mass is 9.49. The van der Waals surface area contributed by atoms with Gasteiger partial charge in [0.15, 0.2) is 0 Å². The Bertz CT molecular complexity index is 1400. The summed E-state index contributed by atoms with van der Waals surface area (Å²) in [5, 5.41) is 22.2. The summed E-state index contributed by atoms with van der Waals surface area (Å²) >= 11 is 0. The molecule has 4 atom stereocenters. The number of carbonyl (C=O) groups is 1. The Morgan fingerprint density at radius 2 is 1.70 bits per heavy atom. The molecule has 6 rings (SSSR count). The van der Waals surface area contributed by atoms with Crippen LogP contribution in [0.25, 0.3) is 6.08 Å². The zero-order valence-corrected chi connectivity index (χ0v) is 20.9. The Morgan fingerprint density at radius 1 is 0.946 bits per heavy atom. The van der Waals surface area contributed by atoms with Crippen molar-refractivity contribution in [2.45, 2.75) is 43.1 Å². The van der Waals surface area contributed by atoms with E-state index in [-0.39, 0.29) is 17.3 Å². The maximum Gasteiger partial charge on any atom is 0.335 e. The average Bonchev–Trinajstić information content (AvgIpc) is 2.94. The molecule has 0 heterocycles. The minimum atomic E-state index is -0.946. The lowest BCUT2D eigenvalue weighted by molar-refractivity contribution is -0.0254. The van der Waals surface area contributed by atoms with E-state index in [1.54, 1.807) is 6.07 Å². The van der Waals surface area contributed by atoms with Crippen LogP contribution in [0.5, 0.6) is 0 Å². The maximum atomic E-state index is 12.6. The number of aryl methyl sites for hydroxylation is 1. The predicted octanol–water partition coefficient (Wildman–Crippen LogP) is 6.97. The number of hydrogen-bond acceptors (Lipinski definition) is 2. The largest absolute Gasteiger partial charge is 0.478 e. The highest BCUT2D eigenvalue weighted by Gasteiger charge is 2.56. The molecule has 3 aromatic rings. The molecule has 0 amide bonds. The fraction of sp³-hybridized carbons (Fsp3) is 0.265. The van der Waals surface area contributed by atoms with Gasteiger partial charge < -0.3 is 10.2 Å². The molecule has 0 aliphatic heterocycles.